The molecule has 25 heavy (non-hydrogen) atoms. The lowest BCUT2D eigenvalue weighted by Crippen LogP contribution is -2.67. The molecule has 1 aliphatic carbocycles. The van der Waals surface area contributed by atoms with E-state index in [1.54, 1.807) is 0 Å². The van der Waals surface area contributed by atoms with E-state index in [9.17, 15) is 4.55 Å². The lowest BCUT2D eigenvalue weighted by Gasteiger charge is -2.53. The Morgan fingerprint density at radius 1 is 1.04 bits per heavy atom. The molecule has 3 fully saturated rings. The van der Waals surface area contributed by atoms with Crippen molar-refractivity contribution in [2.75, 3.05) is 20.0 Å². The van der Waals surface area contributed by atoms with Crippen molar-refractivity contribution in [1.29, 1.82) is 0 Å². The number of nitrogens with zero attached hydrogens (tertiary/aromatic N) is 1. The summed E-state index contributed by atoms with van der Waals surface area (Å²) in [4.78, 5) is 2.55. The fourth-order valence-electron chi connectivity index (χ4n) is 5.34. The van der Waals surface area contributed by atoms with E-state index < -0.39 is 0 Å². The normalized spacial score (nSPS) is 48.5. The summed E-state index contributed by atoms with van der Waals surface area (Å²) in [5.41, 5.74) is 0. The molecule has 7 heteroatoms. The van der Waals surface area contributed by atoms with Crippen molar-refractivity contribution in [1.82, 2.24) is 15.5 Å². The van der Waals surface area contributed by atoms with Crippen molar-refractivity contribution >= 4 is 12.0 Å². The molecule has 6 nitrogen and oxygen atoms in total. The lowest BCUT2D eigenvalue weighted by molar-refractivity contribution is -0.110. The third-order valence-electron chi connectivity index (χ3n) is 6.95. The van der Waals surface area contributed by atoms with Gasteiger partial charge in [-0.05, 0) is 50.1 Å². The maximum absolute atomic E-state index is 9.57. The maximum Gasteiger partial charge on any atom is 0.115 e. The smallest absolute Gasteiger partial charge is 0.115 e. The Morgan fingerprint density at radius 2 is 1.76 bits per heavy atom. The second-order valence-corrected chi connectivity index (χ2v) is 8.68. The fourth-order valence-corrected chi connectivity index (χ4v) is 5.97. The predicted molar refractivity (Wildman–Crippen MR) is 102 cm³/mol. The van der Waals surface area contributed by atoms with Crippen LogP contribution < -0.4 is 10.6 Å². The molecule has 9 unspecified atom stereocenters. The molecule has 3 aliphatic rings. The van der Waals surface area contributed by atoms with Crippen molar-refractivity contribution in [2.45, 2.75) is 82.7 Å². The molecule has 0 amide bonds. The summed E-state index contributed by atoms with van der Waals surface area (Å²) < 4.78 is 21.0. The highest BCUT2D eigenvalue weighted by Crippen LogP contribution is 2.37. The second-order valence-electron chi connectivity index (χ2n) is 8.09. The highest BCUT2D eigenvalue weighted by Gasteiger charge is 2.49. The molecule has 0 aromatic heterocycles. The summed E-state index contributed by atoms with van der Waals surface area (Å²) in [6.45, 7) is 6.84. The summed E-state index contributed by atoms with van der Waals surface area (Å²) in [5, 5.41) is 7.65. The summed E-state index contributed by atoms with van der Waals surface area (Å²) in [6.07, 6.45) is 4.10. The first-order chi connectivity index (χ1) is 12.0. The van der Waals surface area contributed by atoms with Crippen molar-refractivity contribution in [3.05, 3.63) is 0 Å². The van der Waals surface area contributed by atoms with E-state index in [0.29, 0.717) is 41.8 Å². The molecule has 0 aromatic rings. The monoisotopic (exact) mass is 373 g/mol. The first kappa shape index (κ1) is 19.9. The average molecular weight is 374 g/mol. The third kappa shape index (κ3) is 3.74. The van der Waals surface area contributed by atoms with Crippen LogP contribution >= 0.6 is 12.0 Å². The number of methoxy groups -OCH3 is 2. The Balaban J connectivity index is 1.77. The van der Waals surface area contributed by atoms with Crippen LogP contribution in [0.3, 0.4) is 0 Å². The second kappa shape index (κ2) is 8.42. The van der Waals surface area contributed by atoms with Gasteiger partial charge < -0.3 is 14.0 Å². The topological polar surface area (TPSA) is 66.0 Å². The van der Waals surface area contributed by atoms with E-state index in [2.05, 4.69) is 36.3 Å². The average Bonchev–Trinajstić information content (AvgIpc) is 3.02. The van der Waals surface area contributed by atoms with Gasteiger partial charge in [-0.2, -0.15) is 0 Å². The number of hydrogen-bond donors (Lipinski definition) is 3. The molecule has 0 radical (unpaired) electrons. The van der Waals surface area contributed by atoms with Gasteiger partial charge in [0, 0.05) is 44.1 Å². The number of ether oxygens (including phenoxy) is 2. The molecule has 0 bridgehead atoms. The quantitative estimate of drug-likeness (QED) is 0.637. The van der Waals surface area contributed by atoms with E-state index in [1.165, 1.54) is 0 Å². The Hall–Kier alpha value is 0.110. The van der Waals surface area contributed by atoms with E-state index in [0.717, 1.165) is 31.3 Å². The summed E-state index contributed by atoms with van der Waals surface area (Å²) >= 11 is 0.947. The SMILES string of the molecule is COC1CCC2NC(N3C(C)C(C)C(OC)C(C)C3CSO)NC2C1. The van der Waals surface area contributed by atoms with E-state index in [4.69, 9.17) is 9.47 Å². The number of likely N-dealkylation sites (tertiary alicyclic amines) is 1. The van der Waals surface area contributed by atoms with Gasteiger partial charge in [0.05, 0.1) is 12.2 Å². The molecule has 9 atom stereocenters. The lowest BCUT2D eigenvalue weighted by atomic mass is 9.78. The zero-order chi connectivity index (χ0) is 18.1. The Labute approximate surface area is 156 Å². The molecule has 146 valence electrons. The van der Waals surface area contributed by atoms with Gasteiger partial charge in [-0.15, -0.1) is 0 Å². The molecule has 3 rings (SSSR count). The first-order valence-corrected chi connectivity index (χ1v) is 10.6. The molecule has 3 N–H and O–H groups in total. The zero-order valence-electron chi connectivity index (χ0n) is 16.1. The molecule has 1 saturated carbocycles. The Morgan fingerprint density at radius 3 is 2.40 bits per heavy atom. The van der Waals surface area contributed by atoms with Crippen molar-refractivity contribution < 1.29 is 14.0 Å². The maximum atomic E-state index is 9.57. The predicted octanol–water partition coefficient (Wildman–Crippen LogP) is 1.97. The highest BCUT2D eigenvalue weighted by molar-refractivity contribution is 7.93. The summed E-state index contributed by atoms with van der Waals surface area (Å²) in [6, 6.07) is 1.62. The van der Waals surface area contributed by atoms with Gasteiger partial charge in [0.1, 0.15) is 6.29 Å². The molecule has 0 aromatic carbocycles. The Kier molecular flexibility index (Phi) is 6.69. The molecule has 0 spiro atoms. The fraction of sp³-hybridized carbons (Fsp3) is 1.00. The number of nitrogens with one attached hydrogen (secondary N) is 2. The van der Waals surface area contributed by atoms with Crippen LogP contribution in [0.25, 0.3) is 0 Å². The highest BCUT2D eigenvalue weighted by atomic mass is 32.2. The number of piperidine rings is 1. The van der Waals surface area contributed by atoms with Gasteiger partial charge in [-0.1, -0.05) is 13.8 Å². The minimum Gasteiger partial charge on any atom is -0.381 e. The number of fused-ring (bicyclic) bond motifs is 1. The van der Waals surface area contributed by atoms with Crippen LogP contribution in [-0.2, 0) is 9.47 Å². The largest absolute Gasteiger partial charge is 0.381 e. The van der Waals surface area contributed by atoms with Crippen LogP contribution in [0.1, 0.15) is 40.0 Å². The van der Waals surface area contributed by atoms with Gasteiger partial charge in [-0.3, -0.25) is 15.5 Å². The van der Waals surface area contributed by atoms with Gasteiger partial charge in [0.15, 0.2) is 0 Å². The number of hydrogen-bond acceptors (Lipinski definition) is 7. The molecule has 2 saturated heterocycles. The van der Waals surface area contributed by atoms with Gasteiger partial charge in [0.25, 0.3) is 0 Å². The minimum atomic E-state index is 0.153. The van der Waals surface area contributed by atoms with Crippen LogP contribution in [0.4, 0.5) is 0 Å². The summed E-state index contributed by atoms with van der Waals surface area (Å²) in [7, 11) is 3.63. The van der Waals surface area contributed by atoms with E-state index in [-0.39, 0.29) is 18.4 Å². The van der Waals surface area contributed by atoms with Crippen LogP contribution in [0.2, 0.25) is 0 Å². The standard InChI is InChI=1S/C18H35N3O3S/c1-10-12(3)21(16(9-25-22)11(2)17(10)24-5)18-19-14-7-6-13(23-4)8-15(14)20-18/h10-20,22H,6-9H2,1-5H3. The van der Waals surface area contributed by atoms with Gasteiger partial charge in [0.2, 0.25) is 0 Å². The van der Waals surface area contributed by atoms with Crippen molar-refractivity contribution in [3.8, 4) is 0 Å². The molecule has 2 heterocycles. The first-order valence-electron chi connectivity index (χ1n) is 9.63. The van der Waals surface area contributed by atoms with Crippen molar-refractivity contribution in [3.63, 3.8) is 0 Å². The van der Waals surface area contributed by atoms with E-state index >= 15 is 0 Å². The zero-order valence-corrected chi connectivity index (χ0v) is 17.0. The van der Waals surface area contributed by atoms with Gasteiger partial charge >= 0.3 is 0 Å². The molecule has 2 aliphatic heterocycles. The van der Waals surface area contributed by atoms with E-state index in [1.807, 2.05) is 14.2 Å². The van der Waals surface area contributed by atoms with Gasteiger partial charge in [-0.25, -0.2) is 0 Å². The van der Waals surface area contributed by atoms with Crippen LogP contribution in [0.5, 0.6) is 0 Å². The molecular formula is C18H35N3O3S. The Bertz CT molecular complexity index is 444. The molecular weight excluding hydrogens is 338 g/mol. The van der Waals surface area contributed by atoms with Crippen LogP contribution in [-0.4, -0.2) is 72.1 Å². The minimum absolute atomic E-state index is 0.153. The summed E-state index contributed by atoms with van der Waals surface area (Å²) in [5.74, 6) is 1.51. The van der Waals surface area contributed by atoms with Crippen LogP contribution in [0.15, 0.2) is 0 Å². The van der Waals surface area contributed by atoms with Crippen LogP contribution in [0, 0.1) is 11.8 Å². The third-order valence-corrected chi connectivity index (χ3v) is 7.44. The van der Waals surface area contributed by atoms with Crippen molar-refractivity contribution in [2.24, 2.45) is 11.8 Å². The number of rotatable bonds is 5.